The molecule has 0 saturated carbocycles. The number of nitrogens with one attached hydrogen (secondary N) is 1. The maximum absolute atomic E-state index is 11.7. The average molecular weight is 455 g/mol. The van der Waals surface area contributed by atoms with E-state index in [0.29, 0.717) is 26.1 Å². The summed E-state index contributed by atoms with van der Waals surface area (Å²) in [6.07, 6.45) is 10.7. The van der Waals surface area contributed by atoms with Gasteiger partial charge in [0.2, 0.25) is 12.3 Å². The van der Waals surface area contributed by atoms with Crippen molar-refractivity contribution in [3.63, 3.8) is 0 Å². The van der Waals surface area contributed by atoms with E-state index >= 15 is 0 Å². The molecule has 0 spiro atoms. The van der Waals surface area contributed by atoms with E-state index in [4.69, 9.17) is 26.1 Å². The molecule has 0 bridgehead atoms. The summed E-state index contributed by atoms with van der Waals surface area (Å²) in [6, 6.07) is -0.531. The second-order valence-electron chi connectivity index (χ2n) is 7.54. The van der Waals surface area contributed by atoms with Crippen LogP contribution >= 0.6 is 0 Å². The number of carbonyl (C=O) groups is 3. The fourth-order valence-electron chi connectivity index (χ4n) is 2.57. The molecule has 0 saturated heterocycles. The Labute approximate surface area is 192 Å². The highest BCUT2D eigenvalue weighted by Gasteiger charge is 2.22. The standard InChI is InChI=1S/C11H22N2O3.C11H17NO.CH3NO/c1-7(2)11(16)9(4-5-12)13-10(15)6-8(3)14;1-10(7-8-12)13-9-11-5-3-2-4-6-11;2-1-3/h7-9,14H,4-6,12H2,1-3H3,(H,13,15);3,5-7H,2,4,8-9,12H2,1H3;1H,(H2,2,3)/b;10-7+;. The van der Waals surface area contributed by atoms with E-state index < -0.39 is 12.1 Å². The molecule has 0 aromatic rings. The van der Waals surface area contributed by atoms with Crippen LogP contribution in [-0.4, -0.2) is 55.0 Å². The van der Waals surface area contributed by atoms with Crippen molar-refractivity contribution >= 4 is 18.1 Å². The molecular weight excluding hydrogens is 412 g/mol. The summed E-state index contributed by atoms with van der Waals surface area (Å²) < 4.78 is 5.48. The van der Waals surface area contributed by atoms with Crippen molar-refractivity contribution in [1.82, 2.24) is 5.32 Å². The van der Waals surface area contributed by atoms with Gasteiger partial charge in [0, 0.05) is 12.5 Å². The SMILES string of the molecule is C/C(=C\CN)OCC1=CCCC=C1.CC(O)CC(=O)NC(CCN)C(=O)C(C)C.NC=O. The number of aliphatic hydroxyl groups excluding tert-OH is 1. The summed E-state index contributed by atoms with van der Waals surface area (Å²) >= 11 is 0. The van der Waals surface area contributed by atoms with Gasteiger partial charge in [0.05, 0.1) is 24.3 Å². The minimum atomic E-state index is -0.701. The lowest BCUT2D eigenvalue weighted by atomic mass is 9.99. The van der Waals surface area contributed by atoms with Crippen LogP contribution in [0.25, 0.3) is 0 Å². The van der Waals surface area contributed by atoms with Gasteiger partial charge in [0.15, 0.2) is 5.78 Å². The summed E-state index contributed by atoms with van der Waals surface area (Å²) in [5.74, 6) is 0.428. The van der Waals surface area contributed by atoms with Gasteiger partial charge in [0.25, 0.3) is 0 Å². The minimum absolute atomic E-state index is 0.00640. The van der Waals surface area contributed by atoms with E-state index in [-0.39, 0.29) is 30.4 Å². The fourth-order valence-corrected chi connectivity index (χ4v) is 2.57. The summed E-state index contributed by atoms with van der Waals surface area (Å²) in [4.78, 5) is 31.7. The molecule has 0 aromatic carbocycles. The summed E-state index contributed by atoms with van der Waals surface area (Å²) in [7, 11) is 0. The van der Waals surface area contributed by atoms with Crippen LogP contribution in [0, 0.1) is 5.92 Å². The van der Waals surface area contributed by atoms with E-state index in [1.54, 1.807) is 13.8 Å². The Bertz CT molecular complexity index is 628. The molecule has 0 radical (unpaired) electrons. The van der Waals surface area contributed by atoms with Crippen LogP contribution in [0.2, 0.25) is 0 Å². The van der Waals surface area contributed by atoms with Crippen LogP contribution in [-0.2, 0) is 19.1 Å². The molecule has 2 atom stereocenters. The first-order valence-corrected chi connectivity index (χ1v) is 10.8. The number of amides is 2. The number of Topliss-reactive ketones (excluding diaryl/α,β-unsaturated/α-hetero) is 1. The summed E-state index contributed by atoms with van der Waals surface area (Å²) in [6.45, 7) is 8.58. The molecule has 1 aliphatic rings. The normalized spacial score (nSPS) is 14.6. The first-order valence-electron chi connectivity index (χ1n) is 10.8. The minimum Gasteiger partial charge on any atom is -0.494 e. The van der Waals surface area contributed by atoms with E-state index in [2.05, 4.69) is 29.3 Å². The van der Waals surface area contributed by atoms with Gasteiger partial charge in [-0.2, -0.15) is 0 Å². The molecule has 8 N–H and O–H groups in total. The van der Waals surface area contributed by atoms with Crippen molar-refractivity contribution in [1.29, 1.82) is 0 Å². The van der Waals surface area contributed by atoms with Crippen molar-refractivity contribution in [3.05, 3.63) is 35.6 Å². The number of nitrogens with two attached hydrogens (primary N) is 3. The smallest absolute Gasteiger partial charge is 0.223 e. The van der Waals surface area contributed by atoms with Crippen LogP contribution in [0.1, 0.15) is 53.4 Å². The first kappa shape index (κ1) is 31.7. The highest BCUT2D eigenvalue weighted by molar-refractivity contribution is 5.90. The van der Waals surface area contributed by atoms with Crippen molar-refractivity contribution in [2.45, 2.75) is 65.5 Å². The monoisotopic (exact) mass is 454 g/mol. The molecule has 0 aromatic heterocycles. The van der Waals surface area contributed by atoms with Gasteiger partial charge in [-0.15, -0.1) is 0 Å². The third-order valence-electron chi connectivity index (χ3n) is 4.13. The van der Waals surface area contributed by atoms with Gasteiger partial charge in [-0.1, -0.05) is 32.1 Å². The van der Waals surface area contributed by atoms with Gasteiger partial charge < -0.3 is 32.4 Å². The highest BCUT2D eigenvalue weighted by Crippen LogP contribution is 2.11. The molecule has 9 nitrogen and oxygen atoms in total. The zero-order valence-corrected chi connectivity index (χ0v) is 19.9. The Kier molecular flexibility index (Phi) is 20.2. The van der Waals surface area contributed by atoms with E-state index in [0.717, 1.165) is 18.6 Å². The lowest BCUT2D eigenvalue weighted by molar-refractivity contribution is -0.130. The van der Waals surface area contributed by atoms with Gasteiger partial charge in [0.1, 0.15) is 6.61 Å². The van der Waals surface area contributed by atoms with Gasteiger partial charge in [-0.3, -0.25) is 14.4 Å². The van der Waals surface area contributed by atoms with Crippen LogP contribution < -0.4 is 22.5 Å². The van der Waals surface area contributed by atoms with Crippen molar-refractivity contribution < 1.29 is 24.2 Å². The molecule has 184 valence electrons. The Morgan fingerprint density at radius 3 is 2.31 bits per heavy atom. The molecule has 32 heavy (non-hydrogen) atoms. The lowest BCUT2D eigenvalue weighted by Crippen LogP contribution is -2.44. The Morgan fingerprint density at radius 2 is 1.88 bits per heavy atom. The van der Waals surface area contributed by atoms with Crippen molar-refractivity contribution in [2.75, 3.05) is 19.7 Å². The number of rotatable bonds is 11. The number of allylic oxidation sites excluding steroid dienone is 3. The van der Waals surface area contributed by atoms with Crippen LogP contribution in [0.15, 0.2) is 35.6 Å². The second kappa shape index (κ2) is 20.4. The maximum Gasteiger partial charge on any atom is 0.223 e. The number of hydrogen-bond donors (Lipinski definition) is 5. The zero-order chi connectivity index (χ0) is 24.9. The Balaban J connectivity index is 0. The van der Waals surface area contributed by atoms with Crippen LogP contribution in [0.3, 0.4) is 0 Å². The topological polar surface area (TPSA) is 171 Å². The molecule has 2 unspecified atom stereocenters. The maximum atomic E-state index is 11.7. The second-order valence-corrected chi connectivity index (χ2v) is 7.54. The van der Waals surface area contributed by atoms with Crippen molar-refractivity contribution in [2.24, 2.45) is 23.1 Å². The average Bonchev–Trinajstić information content (AvgIpc) is 2.73. The number of carbonyl (C=O) groups excluding carboxylic acids is 3. The largest absolute Gasteiger partial charge is 0.494 e. The molecule has 0 fully saturated rings. The van der Waals surface area contributed by atoms with Gasteiger partial charge >= 0.3 is 0 Å². The van der Waals surface area contributed by atoms with Crippen LogP contribution in [0.4, 0.5) is 0 Å². The van der Waals surface area contributed by atoms with E-state index in [1.807, 2.05) is 13.0 Å². The number of primary amides is 1. The molecule has 1 rings (SSSR count). The molecule has 0 aliphatic heterocycles. The van der Waals surface area contributed by atoms with Crippen molar-refractivity contribution in [3.8, 4) is 0 Å². The van der Waals surface area contributed by atoms with E-state index in [1.165, 1.54) is 12.5 Å². The zero-order valence-electron chi connectivity index (χ0n) is 19.9. The van der Waals surface area contributed by atoms with Crippen LogP contribution in [0.5, 0.6) is 0 Å². The molecule has 9 heteroatoms. The molecule has 0 heterocycles. The predicted octanol–water partition coefficient (Wildman–Crippen LogP) is 1.06. The lowest BCUT2D eigenvalue weighted by Gasteiger charge is -2.19. The number of aliphatic hydroxyl groups is 1. The summed E-state index contributed by atoms with van der Waals surface area (Å²) in [5, 5.41) is 11.6. The van der Waals surface area contributed by atoms with E-state index in [9.17, 15) is 9.59 Å². The number of ketones is 1. The van der Waals surface area contributed by atoms with Gasteiger partial charge in [-0.25, -0.2) is 0 Å². The molecule has 1 aliphatic carbocycles. The Morgan fingerprint density at radius 1 is 1.25 bits per heavy atom. The number of ether oxygens (including phenoxy) is 1. The van der Waals surface area contributed by atoms with Gasteiger partial charge in [-0.05, 0) is 51.3 Å². The molecular formula is C23H42N4O5. The molecule has 2 amide bonds. The summed E-state index contributed by atoms with van der Waals surface area (Å²) in [5.41, 5.74) is 16.2. The quantitative estimate of drug-likeness (QED) is 0.229. The number of hydrogen-bond acceptors (Lipinski definition) is 7. The highest BCUT2D eigenvalue weighted by atomic mass is 16.5. The third-order valence-corrected chi connectivity index (χ3v) is 4.13. The predicted molar refractivity (Wildman–Crippen MR) is 127 cm³/mol. The first-order chi connectivity index (χ1) is 15.1. The fraction of sp³-hybridized carbons (Fsp3) is 0.609. The Hall–Kier alpha value is -2.49. The third kappa shape index (κ3) is 18.3.